The van der Waals surface area contributed by atoms with E-state index < -0.39 is 18.5 Å². The number of carbonyl (C=O) groups is 3. The molecule has 0 saturated heterocycles. The third kappa shape index (κ3) is 5.69. The van der Waals surface area contributed by atoms with Crippen molar-refractivity contribution >= 4 is 34.2 Å². The number of esters is 1. The number of carbonyl (C=O) groups excluding carboxylic acids is 3. The first-order valence-electron chi connectivity index (χ1n) is 10.1. The van der Waals surface area contributed by atoms with Gasteiger partial charge in [-0.3, -0.25) is 14.4 Å². The Balaban J connectivity index is 1.50. The van der Waals surface area contributed by atoms with Gasteiger partial charge in [0.2, 0.25) is 5.91 Å². The molecule has 0 fully saturated rings. The van der Waals surface area contributed by atoms with Crippen molar-refractivity contribution in [1.29, 1.82) is 0 Å². The molecule has 0 aliphatic rings. The Bertz CT molecular complexity index is 1100. The summed E-state index contributed by atoms with van der Waals surface area (Å²) in [5, 5.41) is 4.86. The summed E-state index contributed by atoms with van der Waals surface area (Å²) in [6.45, 7) is 3.28. The van der Waals surface area contributed by atoms with Gasteiger partial charge in [-0.25, -0.2) is 0 Å². The molecular formula is C25H26N2O4. The highest BCUT2D eigenvalue weighted by Gasteiger charge is 2.17. The molecule has 0 radical (unpaired) electrons. The lowest BCUT2D eigenvalue weighted by Gasteiger charge is -2.18. The molecule has 160 valence electrons. The van der Waals surface area contributed by atoms with Crippen LogP contribution in [0, 0.1) is 13.8 Å². The fourth-order valence-electron chi connectivity index (χ4n) is 3.40. The molecule has 0 heterocycles. The summed E-state index contributed by atoms with van der Waals surface area (Å²) >= 11 is 0. The van der Waals surface area contributed by atoms with Crippen LogP contribution in [0.4, 0.5) is 5.69 Å². The van der Waals surface area contributed by atoms with E-state index in [1.807, 2.05) is 74.5 Å². The lowest BCUT2D eigenvalue weighted by Crippen LogP contribution is -2.37. The van der Waals surface area contributed by atoms with Crippen molar-refractivity contribution in [1.82, 2.24) is 4.90 Å². The van der Waals surface area contributed by atoms with Crippen LogP contribution in [0.3, 0.4) is 0 Å². The number of amides is 2. The predicted octanol–water partition coefficient (Wildman–Crippen LogP) is 3.64. The molecule has 0 aromatic heterocycles. The van der Waals surface area contributed by atoms with Gasteiger partial charge in [0.05, 0.1) is 13.0 Å². The zero-order valence-corrected chi connectivity index (χ0v) is 18.0. The van der Waals surface area contributed by atoms with Crippen molar-refractivity contribution in [3.05, 3.63) is 77.4 Å². The first-order chi connectivity index (χ1) is 14.8. The van der Waals surface area contributed by atoms with Gasteiger partial charge in [-0.1, -0.05) is 60.7 Å². The van der Waals surface area contributed by atoms with Crippen molar-refractivity contribution in [2.45, 2.75) is 20.3 Å². The molecule has 3 rings (SSSR count). The maximum absolute atomic E-state index is 12.3. The molecule has 3 aromatic carbocycles. The van der Waals surface area contributed by atoms with Crippen LogP contribution in [0.2, 0.25) is 0 Å². The number of anilines is 1. The van der Waals surface area contributed by atoms with E-state index in [0.717, 1.165) is 33.2 Å². The number of hydrogen-bond donors (Lipinski definition) is 1. The number of rotatable bonds is 7. The average molecular weight is 418 g/mol. The molecule has 0 saturated carbocycles. The van der Waals surface area contributed by atoms with Crippen LogP contribution in [-0.2, 0) is 25.5 Å². The van der Waals surface area contributed by atoms with Gasteiger partial charge in [-0.05, 0) is 41.3 Å². The third-order valence-corrected chi connectivity index (χ3v) is 5.12. The Hall–Kier alpha value is -3.67. The molecule has 0 aliphatic carbocycles. The van der Waals surface area contributed by atoms with Gasteiger partial charge in [0, 0.05) is 12.7 Å². The summed E-state index contributed by atoms with van der Waals surface area (Å²) in [6, 6.07) is 19.3. The van der Waals surface area contributed by atoms with E-state index in [4.69, 9.17) is 4.74 Å². The van der Waals surface area contributed by atoms with Crippen molar-refractivity contribution in [3.63, 3.8) is 0 Å². The van der Waals surface area contributed by atoms with E-state index in [2.05, 4.69) is 5.32 Å². The maximum Gasteiger partial charge on any atom is 0.310 e. The van der Waals surface area contributed by atoms with E-state index in [-0.39, 0.29) is 18.9 Å². The SMILES string of the molecule is Cc1cccc(C)c1NC(=O)CN(C)C(=O)COC(=O)Cc1cccc2ccccc12. The molecular weight excluding hydrogens is 392 g/mol. The van der Waals surface area contributed by atoms with Crippen LogP contribution in [-0.4, -0.2) is 42.9 Å². The van der Waals surface area contributed by atoms with E-state index in [9.17, 15) is 14.4 Å². The Morgan fingerprint density at radius 3 is 2.29 bits per heavy atom. The zero-order valence-electron chi connectivity index (χ0n) is 18.0. The van der Waals surface area contributed by atoms with Crippen LogP contribution in [0.15, 0.2) is 60.7 Å². The fourth-order valence-corrected chi connectivity index (χ4v) is 3.40. The molecule has 0 bridgehead atoms. The van der Waals surface area contributed by atoms with Gasteiger partial charge in [-0.15, -0.1) is 0 Å². The van der Waals surface area contributed by atoms with Crippen LogP contribution >= 0.6 is 0 Å². The lowest BCUT2D eigenvalue weighted by atomic mass is 10.0. The van der Waals surface area contributed by atoms with Gasteiger partial charge in [0.15, 0.2) is 6.61 Å². The van der Waals surface area contributed by atoms with Crippen LogP contribution in [0.5, 0.6) is 0 Å². The maximum atomic E-state index is 12.3. The summed E-state index contributed by atoms with van der Waals surface area (Å²) in [5.74, 6) is -1.24. The number of likely N-dealkylation sites (N-methyl/N-ethyl adjacent to an activating group) is 1. The Morgan fingerprint density at radius 2 is 1.55 bits per heavy atom. The van der Waals surface area contributed by atoms with Crippen molar-refractivity contribution < 1.29 is 19.1 Å². The molecule has 31 heavy (non-hydrogen) atoms. The second kappa shape index (κ2) is 9.89. The number of nitrogens with zero attached hydrogens (tertiary/aromatic N) is 1. The standard InChI is InChI=1S/C25H26N2O4/c1-17-8-6-9-18(2)25(17)26-22(28)15-27(3)23(29)16-31-24(30)14-20-12-7-11-19-10-4-5-13-21(19)20/h4-13H,14-16H2,1-3H3,(H,26,28). The molecule has 0 aliphatic heterocycles. The first kappa shape index (κ1) is 22.0. The van der Waals surface area contributed by atoms with E-state index in [1.165, 1.54) is 11.9 Å². The summed E-state index contributed by atoms with van der Waals surface area (Å²) in [6.07, 6.45) is 0.0748. The summed E-state index contributed by atoms with van der Waals surface area (Å²) in [4.78, 5) is 38.1. The molecule has 0 spiro atoms. The van der Waals surface area contributed by atoms with Crippen molar-refractivity contribution in [2.24, 2.45) is 0 Å². The number of nitrogens with one attached hydrogen (secondary N) is 1. The highest BCUT2D eigenvalue weighted by molar-refractivity contribution is 5.96. The van der Waals surface area contributed by atoms with Crippen LogP contribution in [0.25, 0.3) is 10.8 Å². The molecule has 3 aromatic rings. The Kier molecular flexibility index (Phi) is 7.03. The topological polar surface area (TPSA) is 75.7 Å². The molecule has 6 heteroatoms. The van der Waals surface area contributed by atoms with Crippen LogP contribution in [0.1, 0.15) is 16.7 Å². The first-order valence-corrected chi connectivity index (χ1v) is 10.1. The van der Waals surface area contributed by atoms with Crippen molar-refractivity contribution in [3.8, 4) is 0 Å². The van der Waals surface area contributed by atoms with Gasteiger partial charge < -0.3 is 15.0 Å². The number of fused-ring (bicyclic) bond motifs is 1. The van der Waals surface area contributed by atoms with E-state index in [0.29, 0.717) is 0 Å². The fraction of sp³-hybridized carbons (Fsp3) is 0.240. The van der Waals surface area contributed by atoms with Gasteiger partial charge in [0.1, 0.15) is 0 Å². The molecule has 0 atom stereocenters. The highest BCUT2D eigenvalue weighted by atomic mass is 16.5. The van der Waals surface area contributed by atoms with E-state index >= 15 is 0 Å². The van der Waals surface area contributed by atoms with Crippen LogP contribution < -0.4 is 5.32 Å². The summed E-state index contributed by atoms with van der Waals surface area (Å²) in [5.41, 5.74) is 3.49. The van der Waals surface area contributed by atoms with Gasteiger partial charge in [-0.2, -0.15) is 0 Å². The lowest BCUT2D eigenvalue weighted by molar-refractivity contribution is -0.151. The van der Waals surface area contributed by atoms with E-state index in [1.54, 1.807) is 0 Å². The summed E-state index contributed by atoms with van der Waals surface area (Å²) in [7, 11) is 1.51. The molecule has 0 unspecified atom stereocenters. The number of ether oxygens (including phenoxy) is 1. The monoisotopic (exact) mass is 418 g/mol. The van der Waals surface area contributed by atoms with Crippen molar-refractivity contribution in [2.75, 3.05) is 25.5 Å². The minimum Gasteiger partial charge on any atom is -0.455 e. The number of hydrogen-bond acceptors (Lipinski definition) is 4. The Morgan fingerprint density at radius 1 is 0.903 bits per heavy atom. The molecule has 6 nitrogen and oxygen atoms in total. The Labute approximate surface area is 181 Å². The third-order valence-electron chi connectivity index (χ3n) is 5.12. The predicted molar refractivity (Wildman–Crippen MR) is 121 cm³/mol. The zero-order chi connectivity index (χ0) is 22.4. The number of aryl methyl sites for hydroxylation is 2. The number of para-hydroxylation sites is 1. The minimum atomic E-state index is -0.488. The van der Waals surface area contributed by atoms with Gasteiger partial charge >= 0.3 is 5.97 Å². The minimum absolute atomic E-state index is 0.0748. The quantitative estimate of drug-likeness (QED) is 0.595. The smallest absolute Gasteiger partial charge is 0.310 e. The number of benzene rings is 3. The average Bonchev–Trinajstić information content (AvgIpc) is 2.75. The normalized spacial score (nSPS) is 10.5. The second-order valence-electron chi connectivity index (χ2n) is 7.54. The molecule has 2 amide bonds. The largest absolute Gasteiger partial charge is 0.455 e. The molecule has 1 N–H and O–H groups in total. The van der Waals surface area contributed by atoms with Gasteiger partial charge in [0.25, 0.3) is 5.91 Å². The second-order valence-corrected chi connectivity index (χ2v) is 7.54. The highest BCUT2D eigenvalue weighted by Crippen LogP contribution is 2.20. The summed E-state index contributed by atoms with van der Waals surface area (Å²) < 4.78 is 5.15.